The lowest BCUT2D eigenvalue weighted by Crippen LogP contribution is -2.22. The van der Waals surface area contributed by atoms with Gasteiger partial charge in [0.15, 0.2) is 0 Å². The summed E-state index contributed by atoms with van der Waals surface area (Å²) in [5.74, 6) is 0.0902. The molecular weight excluding hydrogens is 168 g/mol. The molecule has 0 saturated heterocycles. The highest BCUT2D eigenvalue weighted by molar-refractivity contribution is 5.75. The Kier molecular flexibility index (Phi) is 8.60. The summed E-state index contributed by atoms with van der Waals surface area (Å²) in [5, 5.41) is 11.0. The van der Waals surface area contributed by atoms with Gasteiger partial charge in [0, 0.05) is 19.5 Å². The van der Waals surface area contributed by atoms with Gasteiger partial charge in [0.05, 0.1) is 0 Å². The SMILES string of the molecule is CCCC(=O)NC/C=C/CCNO. The lowest BCUT2D eigenvalue weighted by molar-refractivity contribution is -0.120. The zero-order valence-corrected chi connectivity index (χ0v) is 8.05. The highest BCUT2D eigenvalue weighted by Gasteiger charge is 1.94. The van der Waals surface area contributed by atoms with Crippen LogP contribution in [0.25, 0.3) is 0 Å². The van der Waals surface area contributed by atoms with E-state index in [0.717, 1.165) is 12.8 Å². The molecule has 0 unspecified atom stereocenters. The molecule has 4 nitrogen and oxygen atoms in total. The molecule has 13 heavy (non-hydrogen) atoms. The lowest BCUT2D eigenvalue weighted by atomic mass is 10.3. The van der Waals surface area contributed by atoms with Gasteiger partial charge in [0.1, 0.15) is 0 Å². The van der Waals surface area contributed by atoms with E-state index in [9.17, 15) is 4.79 Å². The van der Waals surface area contributed by atoms with E-state index in [1.165, 1.54) is 0 Å². The minimum atomic E-state index is 0.0902. The van der Waals surface area contributed by atoms with Crippen LogP contribution in [0, 0.1) is 0 Å². The second-order valence-electron chi connectivity index (χ2n) is 2.72. The topological polar surface area (TPSA) is 61.4 Å². The number of carbonyl (C=O) groups is 1. The summed E-state index contributed by atoms with van der Waals surface area (Å²) in [5.41, 5.74) is 2.05. The molecular formula is C9H18N2O2. The highest BCUT2D eigenvalue weighted by Crippen LogP contribution is 1.85. The van der Waals surface area contributed by atoms with E-state index in [2.05, 4.69) is 5.32 Å². The standard InChI is InChI=1S/C9H18N2O2/c1-2-6-9(12)10-7-4-3-5-8-11-13/h3-4,11,13H,2,5-8H2,1H3,(H,10,12)/b4-3+. The number of nitrogens with one attached hydrogen (secondary N) is 2. The maximum absolute atomic E-state index is 10.9. The van der Waals surface area contributed by atoms with Crippen molar-refractivity contribution in [3.05, 3.63) is 12.2 Å². The van der Waals surface area contributed by atoms with Crippen molar-refractivity contribution in [2.45, 2.75) is 26.2 Å². The van der Waals surface area contributed by atoms with Crippen molar-refractivity contribution < 1.29 is 10.0 Å². The summed E-state index contributed by atoms with van der Waals surface area (Å²) in [4.78, 5) is 10.9. The second-order valence-corrected chi connectivity index (χ2v) is 2.72. The summed E-state index contributed by atoms with van der Waals surface area (Å²) < 4.78 is 0. The third kappa shape index (κ3) is 9.04. The van der Waals surface area contributed by atoms with Gasteiger partial charge in [-0.05, 0) is 12.8 Å². The van der Waals surface area contributed by atoms with Crippen molar-refractivity contribution in [3.8, 4) is 0 Å². The fraction of sp³-hybridized carbons (Fsp3) is 0.667. The summed E-state index contributed by atoms with van der Waals surface area (Å²) in [7, 11) is 0. The quantitative estimate of drug-likeness (QED) is 0.313. The Labute approximate surface area is 79.0 Å². The number of amides is 1. The Morgan fingerprint density at radius 2 is 2.23 bits per heavy atom. The van der Waals surface area contributed by atoms with Crippen LogP contribution in [0.2, 0.25) is 0 Å². The van der Waals surface area contributed by atoms with E-state index in [4.69, 9.17) is 5.21 Å². The van der Waals surface area contributed by atoms with Crippen molar-refractivity contribution in [1.82, 2.24) is 10.8 Å². The van der Waals surface area contributed by atoms with Gasteiger partial charge in [-0.1, -0.05) is 19.1 Å². The van der Waals surface area contributed by atoms with E-state index in [0.29, 0.717) is 19.5 Å². The zero-order valence-electron chi connectivity index (χ0n) is 8.05. The molecule has 0 saturated carbocycles. The minimum absolute atomic E-state index is 0.0902. The van der Waals surface area contributed by atoms with Gasteiger partial charge in [-0.2, -0.15) is 0 Å². The van der Waals surface area contributed by atoms with Gasteiger partial charge in [0.2, 0.25) is 5.91 Å². The van der Waals surface area contributed by atoms with E-state index in [-0.39, 0.29) is 5.91 Å². The molecule has 1 amide bonds. The Hall–Kier alpha value is -0.870. The molecule has 0 aliphatic rings. The smallest absolute Gasteiger partial charge is 0.220 e. The van der Waals surface area contributed by atoms with Gasteiger partial charge < -0.3 is 10.5 Å². The van der Waals surface area contributed by atoms with Crippen LogP contribution < -0.4 is 10.8 Å². The monoisotopic (exact) mass is 186 g/mol. The first-order valence-electron chi connectivity index (χ1n) is 4.60. The van der Waals surface area contributed by atoms with Crippen molar-refractivity contribution in [1.29, 1.82) is 0 Å². The van der Waals surface area contributed by atoms with E-state index < -0.39 is 0 Å². The molecule has 76 valence electrons. The Bertz CT molecular complexity index is 158. The zero-order chi connectivity index (χ0) is 9.94. The van der Waals surface area contributed by atoms with Crippen LogP contribution >= 0.6 is 0 Å². The number of hydrogen-bond acceptors (Lipinski definition) is 3. The van der Waals surface area contributed by atoms with E-state index in [1.807, 2.05) is 24.6 Å². The van der Waals surface area contributed by atoms with Crippen molar-refractivity contribution in [2.75, 3.05) is 13.1 Å². The van der Waals surface area contributed by atoms with Crippen LogP contribution in [0.5, 0.6) is 0 Å². The Morgan fingerprint density at radius 1 is 1.46 bits per heavy atom. The van der Waals surface area contributed by atoms with Crippen LogP contribution in [0.1, 0.15) is 26.2 Å². The largest absolute Gasteiger partial charge is 0.353 e. The summed E-state index contributed by atoms with van der Waals surface area (Å²) in [6.07, 6.45) is 6.02. The number of rotatable bonds is 7. The molecule has 0 aromatic heterocycles. The van der Waals surface area contributed by atoms with Crippen LogP contribution in [0.15, 0.2) is 12.2 Å². The average Bonchev–Trinajstić information content (AvgIpc) is 2.11. The van der Waals surface area contributed by atoms with Crippen LogP contribution in [0.4, 0.5) is 0 Å². The highest BCUT2D eigenvalue weighted by atomic mass is 16.5. The molecule has 0 bridgehead atoms. The minimum Gasteiger partial charge on any atom is -0.353 e. The van der Waals surface area contributed by atoms with Gasteiger partial charge in [-0.3, -0.25) is 4.79 Å². The van der Waals surface area contributed by atoms with E-state index in [1.54, 1.807) is 0 Å². The number of hydroxylamine groups is 1. The molecule has 0 aliphatic heterocycles. The second kappa shape index (κ2) is 9.22. The normalized spacial score (nSPS) is 10.6. The molecule has 3 N–H and O–H groups in total. The molecule has 0 fully saturated rings. The molecule has 0 spiro atoms. The van der Waals surface area contributed by atoms with Crippen molar-refractivity contribution in [3.63, 3.8) is 0 Å². The Morgan fingerprint density at radius 3 is 2.85 bits per heavy atom. The molecule has 0 aliphatic carbocycles. The summed E-state index contributed by atoms with van der Waals surface area (Å²) >= 11 is 0. The lowest BCUT2D eigenvalue weighted by Gasteiger charge is -1.98. The fourth-order valence-corrected chi connectivity index (χ4v) is 0.837. The molecule has 0 atom stereocenters. The van der Waals surface area contributed by atoms with Gasteiger partial charge in [-0.25, -0.2) is 5.48 Å². The van der Waals surface area contributed by atoms with Gasteiger partial charge in [0.25, 0.3) is 0 Å². The summed E-state index contributed by atoms with van der Waals surface area (Å²) in [6.45, 7) is 3.09. The third-order valence-corrected chi connectivity index (χ3v) is 1.48. The first-order chi connectivity index (χ1) is 6.31. The van der Waals surface area contributed by atoms with Crippen LogP contribution in [0.3, 0.4) is 0 Å². The van der Waals surface area contributed by atoms with Crippen molar-refractivity contribution in [2.24, 2.45) is 0 Å². The molecule has 0 rings (SSSR count). The third-order valence-electron chi connectivity index (χ3n) is 1.48. The average molecular weight is 186 g/mol. The fourth-order valence-electron chi connectivity index (χ4n) is 0.837. The molecule has 0 heterocycles. The first kappa shape index (κ1) is 12.1. The van der Waals surface area contributed by atoms with Gasteiger partial charge in [-0.15, -0.1) is 0 Å². The maximum atomic E-state index is 10.9. The van der Waals surface area contributed by atoms with Crippen molar-refractivity contribution >= 4 is 5.91 Å². The predicted molar refractivity (Wildman–Crippen MR) is 51.5 cm³/mol. The first-order valence-corrected chi connectivity index (χ1v) is 4.60. The molecule has 0 aromatic carbocycles. The predicted octanol–water partition coefficient (Wildman–Crippen LogP) is 0.828. The number of hydrogen-bond donors (Lipinski definition) is 3. The van der Waals surface area contributed by atoms with E-state index >= 15 is 0 Å². The molecule has 0 aromatic rings. The van der Waals surface area contributed by atoms with Crippen LogP contribution in [-0.2, 0) is 4.79 Å². The number of carbonyl (C=O) groups excluding carboxylic acids is 1. The molecule has 4 heteroatoms. The Balaban J connectivity index is 3.23. The summed E-state index contributed by atoms with van der Waals surface area (Å²) in [6, 6.07) is 0. The molecule has 0 radical (unpaired) electrons. The van der Waals surface area contributed by atoms with Crippen LogP contribution in [-0.4, -0.2) is 24.2 Å². The maximum Gasteiger partial charge on any atom is 0.220 e. The van der Waals surface area contributed by atoms with Gasteiger partial charge >= 0.3 is 0 Å².